The maximum Gasteiger partial charge on any atom is 0.420 e. The normalized spacial score (nSPS) is 14.0. The number of rotatable bonds is 7. The van der Waals surface area contributed by atoms with E-state index in [1.165, 1.54) is 24.8 Å². The fourth-order valence-electron chi connectivity index (χ4n) is 4.62. The number of allylic oxidation sites excluding steroid dienone is 2. The van der Waals surface area contributed by atoms with E-state index in [4.69, 9.17) is 13.9 Å². The lowest BCUT2D eigenvalue weighted by molar-refractivity contribution is -0.384. The molecule has 13 heteroatoms. The molecule has 2 amide bonds. The van der Waals surface area contributed by atoms with Gasteiger partial charge in [0.15, 0.2) is 17.1 Å². The van der Waals surface area contributed by atoms with Crippen molar-refractivity contribution in [3.63, 3.8) is 0 Å². The van der Waals surface area contributed by atoms with Gasteiger partial charge in [-0.3, -0.25) is 24.3 Å². The van der Waals surface area contributed by atoms with Gasteiger partial charge in [-0.1, -0.05) is 30.4 Å². The van der Waals surface area contributed by atoms with Crippen molar-refractivity contribution in [3.05, 3.63) is 105 Å². The molecule has 4 heterocycles. The summed E-state index contributed by atoms with van der Waals surface area (Å²) in [7, 11) is 0. The first kappa shape index (κ1) is 29.8. The Bertz CT molecular complexity index is 1770. The predicted octanol–water partition coefficient (Wildman–Crippen LogP) is 4.53. The van der Waals surface area contributed by atoms with E-state index in [0.29, 0.717) is 11.3 Å². The molecule has 44 heavy (non-hydrogen) atoms. The molecule has 2 aliphatic rings. The number of carbonyl (C=O) groups is 2. The van der Waals surface area contributed by atoms with Gasteiger partial charge in [0.05, 0.1) is 16.5 Å². The number of nitro benzene ring substituents is 1. The second kappa shape index (κ2) is 14.0. The third-order valence-electron chi connectivity index (χ3n) is 6.80. The Labute approximate surface area is 251 Å². The average molecular weight is 600 g/mol. The first-order chi connectivity index (χ1) is 21.4. The zero-order valence-electron chi connectivity index (χ0n) is 23.6. The van der Waals surface area contributed by atoms with Crippen molar-refractivity contribution in [2.24, 2.45) is 0 Å². The number of likely N-dealkylation sites (tertiary alicyclic amines) is 1. The molecule has 2 aromatic carbocycles. The minimum absolute atomic E-state index is 0.0508. The Kier molecular flexibility index (Phi) is 9.44. The second-order valence-corrected chi connectivity index (χ2v) is 9.84. The standard InChI is InChI=1S/C17H19NO3.C14H10N4O5/c19-17(18-10-4-1-5-11-18)7-3-2-6-14-8-9-15-16(12-14)21-13-20-15;19-13(16-12-3-1-2-6-15-12)8-17-10-5-4-9(18(21)22)7-11(10)23-14(17)20/h2-3,6-9,12H,1,4-5,10-11,13H2;1-7H,8H2,(H,15,16,19). The molecule has 226 valence electrons. The summed E-state index contributed by atoms with van der Waals surface area (Å²) in [5.41, 5.74) is 1.18. The lowest BCUT2D eigenvalue weighted by Gasteiger charge is -2.25. The van der Waals surface area contributed by atoms with Gasteiger partial charge in [0, 0.05) is 31.4 Å². The minimum Gasteiger partial charge on any atom is -0.454 e. The number of nitrogens with one attached hydrogen (secondary N) is 1. The SMILES string of the molecule is O=C(C=CC=Cc1ccc2c(c1)OCO2)N1CCCCC1.O=C(Cn1c(=O)oc2cc([N+](=O)[O-])ccc21)Nc1ccccn1. The molecule has 1 fully saturated rings. The highest BCUT2D eigenvalue weighted by Crippen LogP contribution is 2.32. The Morgan fingerprint density at radius 3 is 2.59 bits per heavy atom. The molecule has 2 aromatic heterocycles. The van der Waals surface area contributed by atoms with Crippen LogP contribution >= 0.6 is 0 Å². The Hall–Kier alpha value is -5.72. The number of carbonyl (C=O) groups excluding carboxylic acids is 2. The molecule has 1 saturated heterocycles. The Balaban J connectivity index is 0.000000175. The van der Waals surface area contributed by atoms with E-state index in [2.05, 4.69) is 10.3 Å². The fourth-order valence-corrected chi connectivity index (χ4v) is 4.62. The van der Waals surface area contributed by atoms with Crippen LogP contribution in [0.5, 0.6) is 11.5 Å². The van der Waals surface area contributed by atoms with Crippen molar-refractivity contribution in [2.45, 2.75) is 25.8 Å². The minimum atomic E-state index is -0.767. The number of hydrogen-bond acceptors (Lipinski definition) is 9. The quantitative estimate of drug-likeness (QED) is 0.139. The van der Waals surface area contributed by atoms with Crippen LogP contribution in [-0.2, 0) is 16.1 Å². The molecule has 0 spiro atoms. The Morgan fingerprint density at radius 2 is 1.82 bits per heavy atom. The lowest BCUT2D eigenvalue weighted by atomic mass is 10.1. The highest BCUT2D eigenvalue weighted by molar-refractivity contribution is 5.90. The van der Waals surface area contributed by atoms with Gasteiger partial charge in [-0.05, 0) is 55.2 Å². The van der Waals surface area contributed by atoms with Crippen molar-refractivity contribution >= 4 is 40.5 Å². The van der Waals surface area contributed by atoms with Crippen molar-refractivity contribution < 1.29 is 28.4 Å². The van der Waals surface area contributed by atoms with Crippen LogP contribution in [0.2, 0.25) is 0 Å². The van der Waals surface area contributed by atoms with Crippen LogP contribution in [0, 0.1) is 10.1 Å². The monoisotopic (exact) mass is 599 g/mol. The number of piperidine rings is 1. The van der Waals surface area contributed by atoms with Crippen molar-refractivity contribution in [2.75, 3.05) is 25.2 Å². The van der Waals surface area contributed by atoms with Gasteiger partial charge in [0.2, 0.25) is 18.6 Å². The fraction of sp³-hybridized carbons (Fsp3) is 0.226. The molecule has 4 aromatic rings. The summed E-state index contributed by atoms with van der Waals surface area (Å²) in [4.78, 5) is 51.7. The average Bonchev–Trinajstić information content (AvgIpc) is 3.63. The van der Waals surface area contributed by atoms with Gasteiger partial charge in [0.1, 0.15) is 12.4 Å². The third-order valence-corrected chi connectivity index (χ3v) is 6.80. The first-order valence-electron chi connectivity index (χ1n) is 13.9. The summed E-state index contributed by atoms with van der Waals surface area (Å²) in [6, 6.07) is 14.6. The van der Waals surface area contributed by atoms with Crippen LogP contribution < -0.4 is 20.5 Å². The van der Waals surface area contributed by atoms with Gasteiger partial charge in [0.25, 0.3) is 5.69 Å². The van der Waals surface area contributed by atoms with E-state index in [-0.39, 0.29) is 30.5 Å². The molecule has 6 rings (SSSR count). The highest BCUT2D eigenvalue weighted by atomic mass is 16.7. The predicted molar refractivity (Wildman–Crippen MR) is 161 cm³/mol. The van der Waals surface area contributed by atoms with Crippen LogP contribution in [-0.4, -0.2) is 51.1 Å². The van der Waals surface area contributed by atoms with Crippen LogP contribution in [0.15, 0.2) is 88.2 Å². The van der Waals surface area contributed by atoms with Gasteiger partial charge in [-0.25, -0.2) is 9.78 Å². The summed E-state index contributed by atoms with van der Waals surface area (Å²) in [6.45, 7) is 1.76. The van der Waals surface area contributed by atoms with Crippen molar-refractivity contribution in [3.8, 4) is 11.5 Å². The van der Waals surface area contributed by atoms with E-state index < -0.39 is 16.6 Å². The van der Waals surface area contributed by atoms with Gasteiger partial charge in [-0.2, -0.15) is 0 Å². The third kappa shape index (κ3) is 7.56. The number of benzene rings is 2. The largest absolute Gasteiger partial charge is 0.454 e. The number of non-ortho nitro benzene ring substituents is 1. The van der Waals surface area contributed by atoms with Gasteiger partial charge < -0.3 is 24.1 Å². The summed E-state index contributed by atoms with van der Waals surface area (Å²) in [5, 5.41) is 13.3. The zero-order valence-corrected chi connectivity index (χ0v) is 23.6. The molecule has 0 atom stereocenters. The van der Waals surface area contributed by atoms with Crippen LogP contribution in [0.4, 0.5) is 11.5 Å². The molecule has 1 N–H and O–H groups in total. The maximum absolute atomic E-state index is 12.0. The molecule has 0 aliphatic carbocycles. The first-order valence-corrected chi connectivity index (χ1v) is 13.9. The number of nitrogens with zero attached hydrogens (tertiary/aromatic N) is 4. The number of pyridine rings is 1. The summed E-state index contributed by atoms with van der Waals surface area (Å²) < 4.78 is 16.6. The number of oxazole rings is 1. The second-order valence-electron chi connectivity index (χ2n) is 9.84. The van der Waals surface area contributed by atoms with Crippen LogP contribution in [0.25, 0.3) is 17.2 Å². The number of hydrogen-bond donors (Lipinski definition) is 1. The van der Waals surface area contributed by atoms with E-state index >= 15 is 0 Å². The number of fused-ring (bicyclic) bond motifs is 2. The highest BCUT2D eigenvalue weighted by Gasteiger charge is 2.17. The zero-order chi connectivity index (χ0) is 30.9. The molecule has 0 radical (unpaired) electrons. The topological polar surface area (TPSA) is 159 Å². The van der Waals surface area contributed by atoms with Crippen LogP contribution in [0.1, 0.15) is 24.8 Å². The van der Waals surface area contributed by atoms with E-state index in [9.17, 15) is 24.5 Å². The lowest BCUT2D eigenvalue weighted by Crippen LogP contribution is -2.34. The molecule has 0 unspecified atom stereocenters. The molecular weight excluding hydrogens is 570 g/mol. The number of ether oxygens (including phenoxy) is 2. The van der Waals surface area contributed by atoms with Gasteiger partial charge in [-0.15, -0.1) is 0 Å². The summed E-state index contributed by atoms with van der Waals surface area (Å²) >= 11 is 0. The van der Waals surface area contributed by atoms with E-state index in [0.717, 1.165) is 53.6 Å². The number of anilines is 1. The van der Waals surface area contributed by atoms with Gasteiger partial charge >= 0.3 is 5.76 Å². The van der Waals surface area contributed by atoms with Crippen molar-refractivity contribution in [1.82, 2.24) is 14.5 Å². The molecule has 2 aliphatic heterocycles. The maximum atomic E-state index is 12.0. The van der Waals surface area contributed by atoms with E-state index in [1.54, 1.807) is 30.4 Å². The summed E-state index contributed by atoms with van der Waals surface area (Å²) in [6.07, 6.45) is 12.2. The number of amides is 2. The molecular formula is C31H29N5O8. The molecule has 0 bridgehead atoms. The Morgan fingerprint density at radius 1 is 1.00 bits per heavy atom. The molecule has 0 saturated carbocycles. The number of nitro groups is 1. The summed E-state index contributed by atoms with van der Waals surface area (Å²) in [5.74, 6) is 0.774. The smallest absolute Gasteiger partial charge is 0.420 e. The number of aromatic nitrogens is 2. The van der Waals surface area contributed by atoms with Crippen LogP contribution in [0.3, 0.4) is 0 Å². The van der Waals surface area contributed by atoms with E-state index in [1.807, 2.05) is 35.3 Å². The van der Waals surface area contributed by atoms with Crippen molar-refractivity contribution in [1.29, 1.82) is 0 Å². The molecule has 13 nitrogen and oxygen atoms in total.